The molecule has 6 nitrogen and oxygen atoms in total. The van der Waals surface area contributed by atoms with Crippen LogP contribution in [0.15, 0.2) is 68.4 Å². The third-order valence-electron chi connectivity index (χ3n) is 4.74. The molecule has 0 aliphatic rings. The van der Waals surface area contributed by atoms with Crippen LogP contribution < -0.4 is 0 Å². The fourth-order valence-corrected chi connectivity index (χ4v) is 4.30. The monoisotopic (exact) mass is 408 g/mol. The Balaban J connectivity index is 1.56. The SMILES string of the molecule is Cc1cccc(-c2noc(-c3ccc(CS(=O)(=O)c4ccc(C)c(C)c4)o3)n2)c1. The molecule has 0 unspecified atom stereocenters. The smallest absolute Gasteiger partial charge is 0.293 e. The molecule has 0 atom stereocenters. The highest BCUT2D eigenvalue weighted by Gasteiger charge is 2.20. The molecule has 0 aliphatic carbocycles. The van der Waals surface area contributed by atoms with Crippen LogP contribution in [0.5, 0.6) is 0 Å². The number of benzene rings is 2. The summed E-state index contributed by atoms with van der Waals surface area (Å²) in [6.45, 7) is 5.82. The highest BCUT2D eigenvalue weighted by atomic mass is 32.2. The molecule has 0 radical (unpaired) electrons. The van der Waals surface area contributed by atoms with Crippen LogP contribution in [-0.2, 0) is 15.6 Å². The number of rotatable bonds is 5. The van der Waals surface area contributed by atoms with E-state index in [1.165, 1.54) is 0 Å². The number of aromatic nitrogens is 2. The van der Waals surface area contributed by atoms with E-state index in [0.717, 1.165) is 22.3 Å². The molecule has 4 aromatic rings. The summed E-state index contributed by atoms with van der Waals surface area (Å²) >= 11 is 0. The Labute approximate surface area is 169 Å². The quantitative estimate of drug-likeness (QED) is 0.467. The van der Waals surface area contributed by atoms with Crippen molar-refractivity contribution in [2.45, 2.75) is 31.4 Å². The van der Waals surface area contributed by atoms with E-state index in [9.17, 15) is 8.42 Å². The zero-order valence-electron chi connectivity index (χ0n) is 16.3. The van der Waals surface area contributed by atoms with Gasteiger partial charge in [0.25, 0.3) is 5.89 Å². The molecule has 0 bridgehead atoms. The van der Waals surface area contributed by atoms with Crippen molar-refractivity contribution in [2.24, 2.45) is 0 Å². The van der Waals surface area contributed by atoms with E-state index in [1.807, 2.05) is 45.0 Å². The van der Waals surface area contributed by atoms with Gasteiger partial charge in [-0.25, -0.2) is 8.42 Å². The Hall–Kier alpha value is -3.19. The molecule has 0 fully saturated rings. The minimum Gasteiger partial charge on any atom is -0.455 e. The molecule has 0 saturated carbocycles. The summed E-state index contributed by atoms with van der Waals surface area (Å²) in [4.78, 5) is 4.64. The largest absolute Gasteiger partial charge is 0.455 e. The van der Waals surface area contributed by atoms with Crippen molar-refractivity contribution in [3.05, 3.63) is 77.0 Å². The molecular formula is C22H20N2O4S. The lowest BCUT2D eigenvalue weighted by Crippen LogP contribution is -2.05. The van der Waals surface area contributed by atoms with Gasteiger partial charge in [0.2, 0.25) is 5.82 Å². The van der Waals surface area contributed by atoms with Crippen LogP contribution in [-0.4, -0.2) is 18.6 Å². The van der Waals surface area contributed by atoms with Gasteiger partial charge in [-0.1, -0.05) is 35.0 Å². The van der Waals surface area contributed by atoms with Crippen LogP contribution in [0.25, 0.3) is 23.0 Å². The maximum Gasteiger partial charge on any atom is 0.293 e. The summed E-state index contributed by atoms with van der Waals surface area (Å²) in [6.07, 6.45) is 0. The third-order valence-corrected chi connectivity index (χ3v) is 6.38. The summed E-state index contributed by atoms with van der Waals surface area (Å²) in [5.41, 5.74) is 3.90. The number of sulfone groups is 1. The van der Waals surface area contributed by atoms with E-state index >= 15 is 0 Å². The first kappa shape index (κ1) is 19.1. The lowest BCUT2D eigenvalue weighted by Gasteiger charge is -2.05. The Morgan fingerprint density at radius 1 is 0.931 bits per heavy atom. The van der Waals surface area contributed by atoms with Crippen molar-refractivity contribution in [3.63, 3.8) is 0 Å². The number of hydrogen-bond acceptors (Lipinski definition) is 6. The van der Waals surface area contributed by atoms with Gasteiger partial charge in [-0.3, -0.25) is 0 Å². The maximum atomic E-state index is 12.7. The lowest BCUT2D eigenvalue weighted by molar-refractivity contribution is 0.413. The Morgan fingerprint density at radius 3 is 2.52 bits per heavy atom. The van der Waals surface area contributed by atoms with Crippen LogP contribution >= 0.6 is 0 Å². The van der Waals surface area contributed by atoms with E-state index in [1.54, 1.807) is 30.3 Å². The minimum absolute atomic E-state index is 0.205. The number of nitrogens with zero attached hydrogens (tertiary/aromatic N) is 2. The van der Waals surface area contributed by atoms with Crippen LogP contribution in [0.3, 0.4) is 0 Å². The standard InChI is InChI=1S/C22H20N2O4S/c1-14-5-4-6-17(11-14)21-23-22(28-24-21)20-10-8-18(27-20)13-29(25,26)19-9-7-15(2)16(3)12-19/h4-12H,13H2,1-3H3. The summed E-state index contributed by atoms with van der Waals surface area (Å²) in [5.74, 6) is 1.06. The first-order chi connectivity index (χ1) is 13.8. The third kappa shape index (κ3) is 4.00. The van der Waals surface area contributed by atoms with Gasteiger partial charge in [0.15, 0.2) is 15.6 Å². The normalized spacial score (nSPS) is 11.7. The van der Waals surface area contributed by atoms with Crippen molar-refractivity contribution in [1.29, 1.82) is 0 Å². The van der Waals surface area contributed by atoms with E-state index in [0.29, 0.717) is 17.3 Å². The topological polar surface area (TPSA) is 86.2 Å². The number of aryl methyl sites for hydroxylation is 3. The van der Waals surface area contributed by atoms with Crippen LogP contribution in [0.1, 0.15) is 22.5 Å². The summed E-state index contributed by atoms with van der Waals surface area (Å²) in [7, 11) is -3.52. The predicted octanol–water partition coefficient (Wildman–Crippen LogP) is 4.90. The van der Waals surface area contributed by atoms with Gasteiger partial charge in [0.05, 0.1) is 4.90 Å². The fraction of sp³-hybridized carbons (Fsp3) is 0.182. The van der Waals surface area contributed by atoms with Gasteiger partial charge in [-0.05, 0) is 62.2 Å². The molecule has 4 rings (SSSR count). The van der Waals surface area contributed by atoms with Crippen molar-refractivity contribution in [3.8, 4) is 23.0 Å². The second-order valence-corrected chi connectivity index (χ2v) is 9.05. The lowest BCUT2D eigenvalue weighted by atomic mass is 10.1. The number of furan rings is 1. The summed E-state index contributed by atoms with van der Waals surface area (Å²) < 4.78 is 36.4. The first-order valence-electron chi connectivity index (χ1n) is 9.12. The molecule has 7 heteroatoms. The van der Waals surface area contributed by atoms with Crippen molar-refractivity contribution >= 4 is 9.84 Å². The number of hydrogen-bond donors (Lipinski definition) is 0. The van der Waals surface area contributed by atoms with Gasteiger partial charge in [0, 0.05) is 5.56 Å². The van der Waals surface area contributed by atoms with Gasteiger partial charge in [-0.2, -0.15) is 4.98 Å². The van der Waals surface area contributed by atoms with Gasteiger partial charge in [0.1, 0.15) is 11.5 Å². The second kappa shape index (κ2) is 7.33. The Kier molecular flexibility index (Phi) is 4.84. The Morgan fingerprint density at radius 2 is 1.76 bits per heavy atom. The molecule has 2 heterocycles. The average Bonchev–Trinajstić information content (AvgIpc) is 3.33. The molecule has 0 spiro atoms. The van der Waals surface area contributed by atoms with Crippen molar-refractivity contribution < 1.29 is 17.4 Å². The molecule has 0 amide bonds. The van der Waals surface area contributed by atoms with Gasteiger partial charge >= 0.3 is 0 Å². The minimum atomic E-state index is -3.52. The van der Waals surface area contributed by atoms with Crippen LogP contribution in [0, 0.1) is 20.8 Å². The summed E-state index contributed by atoms with van der Waals surface area (Å²) in [6, 6.07) is 16.1. The average molecular weight is 408 g/mol. The Bertz CT molecular complexity index is 1290. The highest BCUT2D eigenvalue weighted by molar-refractivity contribution is 7.90. The highest BCUT2D eigenvalue weighted by Crippen LogP contribution is 2.26. The summed E-state index contributed by atoms with van der Waals surface area (Å²) in [5, 5.41) is 3.99. The maximum absolute atomic E-state index is 12.7. The zero-order valence-corrected chi connectivity index (χ0v) is 17.2. The van der Waals surface area contributed by atoms with E-state index in [2.05, 4.69) is 10.1 Å². The van der Waals surface area contributed by atoms with E-state index in [-0.39, 0.29) is 16.5 Å². The van der Waals surface area contributed by atoms with Crippen LogP contribution in [0.2, 0.25) is 0 Å². The molecule has 0 saturated heterocycles. The molecule has 148 valence electrons. The predicted molar refractivity (Wildman–Crippen MR) is 109 cm³/mol. The molecule has 2 aromatic carbocycles. The van der Waals surface area contributed by atoms with Crippen molar-refractivity contribution in [2.75, 3.05) is 0 Å². The molecule has 29 heavy (non-hydrogen) atoms. The second-order valence-electron chi connectivity index (χ2n) is 7.06. The van der Waals surface area contributed by atoms with Gasteiger partial charge in [-0.15, -0.1) is 0 Å². The fourth-order valence-electron chi connectivity index (χ4n) is 2.97. The van der Waals surface area contributed by atoms with Crippen molar-refractivity contribution in [1.82, 2.24) is 10.1 Å². The molecular weight excluding hydrogens is 388 g/mol. The molecule has 0 N–H and O–H groups in total. The van der Waals surface area contributed by atoms with Gasteiger partial charge < -0.3 is 8.94 Å². The molecule has 2 aromatic heterocycles. The molecule has 0 aliphatic heterocycles. The van der Waals surface area contributed by atoms with E-state index < -0.39 is 9.84 Å². The van der Waals surface area contributed by atoms with E-state index in [4.69, 9.17) is 8.94 Å². The first-order valence-corrected chi connectivity index (χ1v) is 10.8. The zero-order chi connectivity index (χ0) is 20.6. The van der Waals surface area contributed by atoms with Crippen LogP contribution in [0.4, 0.5) is 0 Å².